The second kappa shape index (κ2) is 25.9. The molecule has 4 amide bonds. The average molecular weight is 768 g/mol. The molecule has 0 spiro atoms. The van der Waals surface area contributed by atoms with E-state index in [0.29, 0.717) is 63.5 Å². The lowest BCUT2D eigenvalue weighted by atomic mass is 9.83. The molecule has 1 aromatic carbocycles. The number of benzene rings is 1. The van der Waals surface area contributed by atoms with Gasteiger partial charge < -0.3 is 44.7 Å². The van der Waals surface area contributed by atoms with Gasteiger partial charge in [-0.2, -0.15) is 11.8 Å². The number of hydrogen-bond donors (Lipinski definition) is 3. The van der Waals surface area contributed by atoms with E-state index in [1.54, 1.807) is 18.7 Å². The Morgan fingerprint density at radius 2 is 1.68 bits per heavy atom. The molecule has 1 aromatic rings. The molecule has 1 aliphatic carbocycles. The van der Waals surface area contributed by atoms with Crippen molar-refractivity contribution < 1.29 is 48.1 Å². The van der Waals surface area contributed by atoms with Gasteiger partial charge in [0.15, 0.2) is 6.10 Å². The predicted octanol–water partition coefficient (Wildman–Crippen LogP) is 3.08. The van der Waals surface area contributed by atoms with E-state index in [0.717, 1.165) is 31.2 Å². The zero-order valence-electron chi connectivity index (χ0n) is 31.3. The molecule has 1 saturated heterocycles. The van der Waals surface area contributed by atoms with Gasteiger partial charge in [0, 0.05) is 38.8 Å². The quantitative estimate of drug-likeness (QED) is 0.0576. The highest BCUT2D eigenvalue weighted by atomic mass is 32.2. The van der Waals surface area contributed by atoms with Gasteiger partial charge in [0.1, 0.15) is 18.4 Å². The van der Waals surface area contributed by atoms with Crippen LogP contribution in [0.25, 0.3) is 0 Å². The summed E-state index contributed by atoms with van der Waals surface area (Å²) in [7, 11) is 1.44. The maximum absolute atomic E-state index is 13.8. The summed E-state index contributed by atoms with van der Waals surface area (Å²) in [5, 5.41) is 17.4. The first-order valence-electron chi connectivity index (χ1n) is 18.2. The maximum Gasteiger partial charge on any atom is 0.337 e. The van der Waals surface area contributed by atoms with E-state index in [-0.39, 0.29) is 25.2 Å². The predicted molar refractivity (Wildman–Crippen MR) is 199 cm³/mol. The highest BCUT2D eigenvalue weighted by Gasteiger charge is 2.36. The van der Waals surface area contributed by atoms with Crippen molar-refractivity contribution in [3.8, 4) is 0 Å². The van der Waals surface area contributed by atoms with Crippen LogP contribution in [0.5, 0.6) is 0 Å². The third kappa shape index (κ3) is 18.1. The number of thioether (sulfide) groups is 1. The molecule has 3 rings (SSSR count). The number of methoxy groups -OCH3 is 1. The number of amides is 4. The summed E-state index contributed by atoms with van der Waals surface area (Å²) in [6, 6.07) is 6.65. The number of ether oxygens (including phenoxy) is 3. The van der Waals surface area contributed by atoms with Crippen LogP contribution in [0.3, 0.4) is 0 Å². The lowest BCUT2D eigenvalue weighted by Crippen LogP contribution is -2.59. The van der Waals surface area contributed by atoms with E-state index < -0.39 is 47.1 Å². The fourth-order valence-electron chi connectivity index (χ4n) is 6.04. The SMILES string of the molecule is COC(C(=O)OC(C)C)C(CC1CCCCC1)NC(=O)[C@H](CSC)NC(=O)C(Cc1ccccc1)NC(=O)N1CCOCC1.O=CCCCO[N+](=O)[O-]. The Labute approximate surface area is 316 Å². The molecule has 298 valence electrons. The third-order valence-electron chi connectivity index (χ3n) is 8.67. The van der Waals surface area contributed by atoms with E-state index in [1.165, 1.54) is 25.3 Å². The minimum atomic E-state index is -0.979. The maximum atomic E-state index is 13.8. The Kier molecular flexibility index (Phi) is 22.1. The molecular weight excluding hydrogens is 710 g/mol. The molecule has 3 N–H and O–H groups in total. The number of morpholine rings is 1. The first-order chi connectivity index (χ1) is 25.5. The summed E-state index contributed by atoms with van der Waals surface area (Å²) >= 11 is 1.42. The van der Waals surface area contributed by atoms with Crippen LogP contribution in [-0.2, 0) is 44.6 Å². The van der Waals surface area contributed by atoms with E-state index >= 15 is 0 Å². The van der Waals surface area contributed by atoms with E-state index in [1.807, 2.05) is 36.6 Å². The van der Waals surface area contributed by atoms with Crippen LogP contribution in [0.2, 0.25) is 0 Å². The molecule has 1 saturated carbocycles. The molecule has 0 aromatic heterocycles. The Morgan fingerprint density at radius 3 is 2.26 bits per heavy atom. The van der Waals surface area contributed by atoms with Crippen molar-refractivity contribution >= 4 is 41.9 Å². The highest BCUT2D eigenvalue weighted by molar-refractivity contribution is 7.98. The number of esters is 1. The number of aldehydes is 1. The number of unbranched alkanes of at least 4 members (excludes halogenated alkanes) is 1. The number of rotatable bonds is 20. The van der Waals surface area contributed by atoms with Crippen LogP contribution in [0.15, 0.2) is 30.3 Å². The van der Waals surface area contributed by atoms with Crippen molar-refractivity contribution in [3.05, 3.63) is 46.0 Å². The summed E-state index contributed by atoms with van der Waals surface area (Å²) < 4.78 is 16.4. The number of carbonyl (C=O) groups excluding carboxylic acids is 5. The largest absolute Gasteiger partial charge is 0.461 e. The zero-order valence-corrected chi connectivity index (χ0v) is 32.1. The fraction of sp³-hybridized carbons (Fsp3) is 0.694. The second-order valence-corrected chi connectivity index (χ2v) is 14.1. The molecule has 0 radical (unpaired) electrons. The smallest absolute Gasteiger partial charge is 0.337 e. The van der Waals surface area contributed by atoms with Gasteiger partial charge >= 0.3 is 12.0 Å². The Morgan fingerprint density at radius 1 is 1.02 bits per heavy atom. The summed E-state index contributed by atoms with van der Waals surface area (Å²) in [5.41, 5.74) is 0.875. The van der Waals surface area contributed by atoms with Crippen molar-refractivity contribution in [2.45, 2.75) is 102 Å². The molecular formula is C36H57N5O11S. The molecule has 4 atom stereocenters. The summed E-state index contributed by atoms with van der Waals surface area (Å²) in [6.07, 6.45) is 8.26. The fourth-order valence-corrected chi connectivity index (χ4v) is 6.61. The number of hydrogen-bond acceptors (Lipinski definition) is 12. The summed E-state index contributed by atoms with van der Waals surface area (Å²) in [5.74, 6) is -0.750. The second-order valence-electron chi connectivity index (χ2n) is 13.2. The first kappa shape index (κ1) is 45.2. The van der Waals surface area contributed by atoms with Crippen molar-refractivity contribution in [1.82, 2.24) is 20.9 Å². The molecule has 53 heavy (non-hydrogen) atoms. The molecule has 16 nitrogen and oxygen atoms in total. The van der Waals surface area contributed by atoms with Crippen molar-refractivity contribution in [2.24, 2.45) is 5.92 Å². The van der Waals surface area contributed by atoms with Gasteiger partial charge in [-0.05, 0) is 44.4 Å². The van der Waals surface area contributed by atoms with Crippen LogP contribution in [-0.4, -0.2) is 122 Å². The van der Waals surface area contributed by atoms with Gasteiger partial charge in [-0.1, -0.05) is 62.4 Å². The first-order valence-corrected chi connectivity index (χ1v) is 19.6. The van der Waals surface area contributed by atoms with Crippen molar-refractivity contribution in [3.63, 3.8) is 0 Å². The third-order valence-corrected chi connectivity index (χ3v) is 9.33. The van der Waals surface area contributed by atoms with E-state index in [9.17, 15) is 34.1 Å². The van der Waals surface area contributed by atoms with Crippen LogP contribution in [0.4, 0.5) is 4.79 Å². The van der Waals surface area contributed by atoms with Crippen LogP contribution < -0.4 is 16.0 Å². The van der Waals surface area contributed by atoms with Gasteiger partial charge in [0.05, 0.1) is 32.0 Å². The monoisotopic (exact) mass is 767 g/mol. The van der Waals surface area contributed by atoms with Crippen LogP contribution >= 0.6 is 11.8 Å². The van der Waals surface area contributed by atoms with Crippen molar-refractivity contribution in [2.75, 3.05) is 52.0 Å². The Balaban J connectivity index is 0.000000953. The standard InChI is InChI=1S/C32H50N4O7S.C4H7NO4/c1-22(2)43-31(39)28(41-3)25(19-23-11-7-5-8-12-23)33-30(38)27(21-44-4)34-29(37)26(20-24-13-9-6-10-14-24)35-32(40)36-15-17-42-18-16-36;6-3-1-2-4-9-5(7)8/h6,9-10,13-14,22-23,25-28H,5,7-8,11-12,15-21H2,1-4H3,(H,33,38)(H,34,37)(H,35,40);3H,1-2,4H2/t25?,26?,27-,28?;/m0./s1. The molecule has 2 fully saturated rings. The Hall–Kier alpha value is -3.96. The van der Waals surface area contributed by atoms with Gasteiger partial charge in [-0.15, -0.1) is 10.1 Å². The van der Waals surface area contributed by atoms with E-state index in [2.05, 4.69) is 20.8 Å². The van der Waals surface area contributed by atoms with Gasteiger partial charge in [-0.25, -0.2) is 9.59 Å². The molecule has 17 heteroatoms. The highest BCUT2D eigenvalue weighted by Crippen LogP contribution is 2.29. The topological polar surface area (TPSA) is 205 Å². The zero-order chi connectivity index (χ0) is 39.0. The van der Waals surface area contributed by atoms with Gasteiger partial charge in [0.2, 0.25) is 11.8 Å². The molecule has 1 aliphatic heterocycles. The Bertz CT molecular complexity index is 1260. The number of urea groups is 1. The van der Waals surface area contributed by atoms with Crippen LogP contribution in [0, 0.1) is 16.0 Å². The summed E-state index contributed by atoms with van der Waals surface area (Å²) in [6.45, 7) is 5.30. The lowest BCUT2D eigenvalue weighted by Gasteiger charge is -2.32. The lowest BCUT2D eigenvalue weighted by molar-refractivity contribution is -0.757. The van der Waals surface area contributed by atoms with Gasteiger partial charge in [0.25, 0.3) is 5.09 Å². The minimum Gasteiger partial charge on any atom is -0.461 e. The van der Waals surface area contributed by atoms with E-state index in [4.69, 9.17) is 14.2 Å². The molecule has 0 bridgehead atoms. The minimum absolute atomic E-state index is 0.00569. The molecule has 3 unspecified atom stereocenters. The number of carbonyl (C=O) groups is 5. The van der Waals surface area contributed by atoms with Crippen LogP contribution in [0.1, 0.15) is 70.8 Å². The summed E-state index contributed by atoms with van der Waals surface area (Å²) in [4.78, 5) is 78.2. The molecule has 2 aliphatic rings. The normalized spacial score (nSPS) is 16.8. The average Bonchev–Trinajstić information content (AvgIpc) is 3.14. The number of nitrogens with zero attached hydrogens (tertiary/aromatic N) is 2. The van der Waals surface area contributed by atoms with Crippen molar-refractivity contribution in [1.29, 1.82) is 0 Å². The van der Waals surface area contributed by atoms with Gasteiger partial charge in [-0.3, -0.25) is 9.59 Å². The molecule has 1 heterocycles. The number of nitrogens with one attached hydrogen (secondary N) is 3.